The highest BCUT2D eigenvalue weighted by Gasteiger charge is 2.25. The molecule has 0 spiro atoms. The van der Waals surface area contributed by atoms with Crippen molar-refractivity contribution in [2.45, 2.75) is 33.6 Å². The zero-order valence-electron chi connectivity index (χ0n) is 10.5. The van der Waals surface area contributed by atoms with Crippen molar-refractivity contribution in [2.75, 3.05) is 0 Å². The highest BCUT2D eigenvalue weighted by atomic mass is 16.4. The van der Waals surface area contributed by atoms with Crippen molar-refractivity contribution in [1.82, 2.24) is 0 Å². The smallest absolute Gasteiger partial charge is 0.303 e. The Morgan fingerprint density at radius 3 is 2.41 bits per heavy atom. The van der Waals surface area contributed by atoms with E-state index in [-0.39, 0.29) is 18.6 Å². The number of ketones is 1. The molecular formula is C14H18O3. The van der Waals surface area contributed by atoms with Crippen molar-refractivity contribution in [3.8, 4) is 0 Å². The fourth-order valence-corrected chi connectivity index (χ4v) is 1.83. The van der Waals surface area contributed by atoms with Crippen molar-refractivity contribution >= 4 is 11.8 Å². The van der Waals surface area contributed by atoms with Crippen LogP contribution in [0.2, 0.25) is 0 Å². The summed E-state index contributed by atoms with van der Waals surface area (Å²) in [6.07, 6.45) is 0.257. The molecule has 0 aliphatic rings. The van der Waals surface area contributed by atoms with Crippen LogP contribution in [-0.2, 0) is 4.79 Å². The van der Waals surface area contributed by atoms with Crippen LogP contribution in [0.3, 0.4) is 0 Å². The number of aliphatic carboxylic acids is 1. The Morgan fingerprint density at radius 2 is 1.88 bits per heavy atom. The average molecular weight is 234 g/mol. The molecular weight excluding hydrogens is 216 g/mol. The second-order valence-corrected chi connectivity index (χ2v) is 5.20. The molecule has 0 aromatic heterocycles. The van der Waals surface area contributed by atoms with Gasteiger partial charge in [0.15, 0.2) is 5.78 Å². The Bertz CT molecular complexity index is 433. The Morgan fingerprint density at radius 1 is 1.24 bits per heavy atom. The molecule has 3 heteroatoms. The van der Waals surface area contributed by atoms with Crippen LogP contribution in [0, 0.1) is 12.3 Å². The number of hydrogen-bond donors (Lipinski definition) is 1. The van der Waals surface area contributed by atoms with Crippen LogP contribution in [0.4, 0.5) is 0 Å². The monoisotopic (exact) mass is 234 g/mol. The van der Waals surface area contributed by atoms with E-state index in [1.165, 1.54) is 0 Å². The van der Waals surface area contributed by atoms with Gasteiger partial charge in [0.2, 0.25) is 0 Å². The SMILES string of the molecule is Cc1cccc(C(=O)CC(C)(C)CC(=O)O)c1. The van der Waals surface area contributed by atoms with E-state index in [1.54, 1.807) is 19.9 Å². The predicted molar refractivity (Wildman–Crippen MR) is 66.2 cm³/mol. The lowest BCUT2D eigenvalue weighted by molar-refractivity contribution is -0.139. The highest BCUT2D eigenvalue weighted by molar-refractivity contribution is 5.96. The van der Waals surface area contributed by atoms with Crippen LogP contribution in [0.1, 0.15) is 42.6 Å². The Labute approximate surface area is 101 Å². The minimum atomic E-state index is -0.868. The first-order valence-corrected chi connectivity index (χ1v) is 5.62. The molecule has 0 atom stereocenters. The summed E-state index contributed by atoms with van der Waals surface area (Å²) in [7, 11) is 0. The molecule has 1 aromatic carbocycles. The van der Waals surface area contributed by atoms with Gasteiger partial charge < -0.3 is 5.11 Å². The van der Waals surface area contributed by atoms with Crippen LogP contribution in [0.25, 0.3) is 0 Å². The second-order valence-electron chi connectivity index (χ2n) is 5.20. The third-order valence-corrected chi connectivity index (χ3v) is 2.61. The molecule has 0 aliphatic carbocycles. The number of carbonyl (C=O) groups is 2. The van der Waals surface area contributed by atoms with Gasteiger partial charge in [0.25, 0.3) is 0 Å². The zero-order valence-corrected chi connectivity index (χ0v) is 10.5. The van der Waals surface area contributed by atoms with Crippen LogP contribution in [0.15, 0.2) is 24.3 Å². The predicted octanol–water partition coefficient (Wildman–Crippen LogP) is 3.07. The van der Waals surface area contributed by atoms with E-state index in [0.29, 0.717) is 5.56 Å². The third-order valence-electron chi connectivity index (χ3n) is 2.61. The van der Waals surface area contributed by atoms with Gasteiger partial charge in [-0.2, -0.15) is 0 Å². The maximum absolute atomic E-state index is 12.0. The average Bonchev–Trinajstić information content (AvgIpc) is 2.14. The molecule has 0 bridgehead atoms. The minimum absolute atomic E-state index is 0.0000463. The van der Waals surface area contributed by atoms with E-state index >= 15 is 0 Å². The maximum atomic E-state index is 12.0. The Kier molecular flexibility index (Phi) is 4.05. The Balaban J connectivity index is 2.75. The van der Waals surface area contributed by atoms with Gasteiger partial charge in [0.1, 0.15) is 0 Å². The van der Waals surface area contributed by atoms with Gasteiger partial charge in [-0.05, 0) is 18.4 Å². The van der Waals surface area contributed by atoms with Gasteiger partial charge in [-0.3, -0.25) is 9.59 Å². The quantitative estimate of drug-likeness (QED) is 0.796. The second kappa shape index (κ2) is 5.13. The molecule has 0 radical (unpaired) electrons. The van der Waals surface area contributed by atoms with E-state index < -0.39 is 11.4 Å². The molecule has 0 amide bonds. The first-order valence-electron chi connectivity index (χ1n) is 5.62. The molecule has 3 nitrogen and oxygen atoms in total. The fraction of sp³-hybridized carbons (Fsp3) is 0.429. The number of aryl methyl sites for hydroxylation is 1. The molecule has 1 N–H and O–H groups in total. The molecule has 1 aromatic rings. The summed E-state index contributed by atoms with van der Waals surface area (Å²) in [5.41, 5.74) is 1.18. The molecule has 1 rings (SSSR count). The van der Waals surface area contributed by atoms with Crippen LogP contribution in [-0.4, -0.2) is 16.9 Å². The van der Waals surface area contributed by atoms with Gasteiger partial charge in [0, 0.05) is 12.0 Å². The van der Waals surface area contributed by atoms with Gasteiger partial charge in [-0.15, -0.1) is 0 Å². The molecule has 0 heterocycles. The molecule has 0 saturated heterocycles. The van der Waals surface area contributed by atoms with Crippen molar-refractivity contribution in [3.63, 3.8) is 0 Å². The van der Waals surface area contributed by atoms with Gasteiger partial charge in [-0.25, -0.2) is 0 Å². The number of rotatable bonds is 5. The Hall–Kier alpha value is -1.64. The summed E-state index contributed by atoms with van der Waals surface area (Å²) in [6.45, 7) is 5.53. The van der Waals surface area contributed by atoms with Crippen LogP contribution in [0.5, 0.6) is 0 Å². The minimum Gasteiger partial charge on any atom is -0.481 e. The summed E-state index contributed by atoms with van der Waals surface area (Å²) in [6, 6.07) is 7.37. The number of hydrogen-bond acceptors (Lipinski definition) is 2. The standard InChI is InChI=1S/C14H18O3/c1-10-5-4-6-11(7-10)12(15)8-14(2,3)9-13(16)17/h4-7H,8-9H2,1-3H3,(H,16,17). The molecule has 0 saturated carbocycles. The van der Waals surface area contributed by atoms with E-state index in [0.717, 1.165) is 5.56 Å². The van der Waals surface area contributed by atoms with Crippen molar-refractivity contribution in [3.05, 3.63) is 35.4 Å². The normalized spacial score (nSPS) is 11.2. The van der Waals surface area contributed by atoms with Crippen LogP contribution >= 0.6 is 0 Å². The summed E-state index contributed by atoms with van der Waals surface area (Å²) >= 11 is 0. The summed E-state index contributed by atoms with van der Waals surface area (Å²) in [4.78, 5) is 22.7. The molecule has 92 valence electrons. The number of benzene rings is 1. The fourth-order valence-electron chi connectivity index (χ4n) is 1.83. The lowest BCUT2D eigenvalue weighted by Gasteiger charge is -2.21. The van der Waals surface area contributed by atoms with E-state index in [9.17, 15) is 9.59 Å². The van der Waals surface area contributed by atoms with Crippen molar-refractivity contribution < 1.29 is 14.7 Å². The first kappa shape index (κ1) is 13.4. The number of carboxylic acids is 1. The van der Waals surface area contributed by atoms with Crippen LogP contribution < -0.4 is 0 Å². The zero-order chi connectivity index (χ0) is 13.1. The number of carbonyl (C=O) groups excluding carboxylic acids is 1. The van der Waals surface area contributed by atoms with E-state index in [2.05, 4.69) is 0 Å². The summed E-state index contributed by atoms with van der Waals surface area (Å²) in [5.74, 6) is -0.869. The summed E-state index contributed by atoms with van der Waals surface area (Å²) in [5, 5.41) is 8.77. The van der Waals surface area contributed by atoms with E-state index in [4.69, 9.17) is 5.11 Å². The molecule has 17 heavy (non-hydrogen) atoms. The largest absolute Gasteiger partial charge is 0.481 e. The summed E-state index contributed by atoms with van der Waals surface area (Å²) < 4.78 is 0. The maximum Gasteiger partial charge on any atom is 0.303 e. The van der Waals surface area contributed by atoms with Gasteiger partial charge >= 0.3 is 5.97 Å². The third kappa shape index (κ3) is 4.39. The molecule has 0 aliphatic heterocycles. The number of Topliss-reactive ketones (excluding diaryl/α,β-unsaturated/α-hetero) is 1. The number of carboxylic acid groups (broad SMARTS) is 1. The molecule has 0 unspecified atom stereocenters. The molecule has 0 fully saturated rings. The van der Waals surface area contributed by atoms with Gasteiger partial charge in [-0.1, -0.05) is 37.6 Å². The topological polar surface area (TPSA) is 54.4 Å². The lowest BCUT2D eigenvalue weighted by Crippen LogP contribution is -2.21. The van der Waals surface area contributed by atoms with Crippen molar-refractivity contribution in [1.29, 1.82) is 0 Å². The van der Waals surface area contributed by atoms with Crippen molar-refractivity contribution in [2.24, 2.45) is 5.41 Å². The van der Waals surface area contributed by atoms with Gasteiger partial charge in [0.05, 0.1) is 6.42 Å². The first-order chi connectivity index (χ1) is 7.80. The lowest BCUT2D eigenvalue weighted by atomic mass is 9.82. The highest BCUT2D eigenvalue weighted by Crippen LogP contribution is 2.27. The van der Waals surface area contributed by atoms with E-state index in [1.807, 2.05) is 25.1 Å².